The van der Waals surface area contributed by atoms with Crippen molar-refractivity contribution >= 4 is 10.9 Å². The lowest BCUT2D eigenvalue weighted by Gasteiger charge is -2.21. The van der Waals surface area contributed by atoms with Gasteiger partial charge in [-0.15, -0.1) is 0 Å². The number of aromatic nitrogens is 1. The fraction of sp³-hybridized carbons (Fsp3) is 0.273. The van der Waals surface area contributed by atoms with Gasteiger partial charge < -0.3 is 15.8 Å². The van der Waals surface area contributed by atoms with E-state index in [0.717, 1.165) is 10.9 Å². The third-order valence-electron chi connectivity index (χ3n) is 2.60. The highest BCUT2D eigenvalue weighted by atomic mass is 19.3. The van der Waals surface area contributed by atoms with Crippen molar-refractivity contribution in [2.24, 2.45) is 5.73 Å². The molecule has 5 heteroatoms. The highest BCUT2D eigenvalue weighted by Crippen LogP contribution is 2.30. The fourth-order valence-corrected chi connectivity index (χ4v) is 1.61. The molecule has 0 radical (unpaired) electrons. The molecule has 1 aromatic heterocycles. The lowest BCUT2D eigenvalue weighted by molar-refractivity contribution is -0.0711. The Morgan fingerprint density at radius 2 is 2.12 bits per heavy atom. The smallest absolute Gasteiger partial charge is 0.289 e. The SMILES string of the molecule is N[C@@H](c1ccc2[nH]ccc2c1)C(F)(F)CO. The summed E-state index contributed by atoms with van der Waals surface area (Å²) in [5.41, 5.74) is 6.60. The fourth-order valence-electron chi connectivity index (χ4n) is 1.61. The molecule has 0 spiro atoms. The van der Waals surface area contributed by atoms with Gasteiger partial charge in [-0.3, -0.25) is 0 Å². The van der Waals surface area contributed by atoms with E-state index < -0.39 is 18.6 Å². The Balaban J connectivity index is 2.39. The number of hydrogen-bond donors (Lipinski definition) is 3. The Kier molecular flexibility index (Phi) is 2.65. The van der Waals surface area contributed by atoms with E-state index in [0.29, 0.717) is 5.56 Å². The van der Waals surface area contributed by atoms with Gasteiger partial charge in [0.2, 0.25) is 0 Å². The Hall–Kier alpha value is -1.46. The van der Waals surface area contributed by atoms with E-state index in [1.165, 1.54) is 6.07 Å². The number of benzene rings is 1. The van der Waals surface area contributed by atoms with Crippen LogP contribution < -0.4 is 5.73 Å². The van der Waals surface area contributed by atoms with Crippen molar-refractivity contribution in [1.29, 1.82) is 0 Å². The molecule has 0 bridgehead atoms. The van der Waals surface area contributed by atoms with Gasteiger partial charge in [0.25, 0.3) is 5.92 Å². The minimum atomic E-state index is -3.30. The molecule has 86 valence electrons. The van der Waals surface area contributed by atoms with E-state index in [1.54, 1.807) is 24.4 Å². The van der Waals surface area contributed by atoms with Crippen LogP contribution in [0.2, 0.25) is 0 Å². The minimum absolute atomic E-state index is 0.311. The molecule has 0 fully saturated rings. The Morgan fingerprint density at radius 1 is 1.38 bits per heavy atom. The molecule has 1 aromatic carbocycles. The molecule has 0 aliphatic rings. The van der Waals surface area contributed by atoms with Gasteiger partial charge in [-0.1, -0.05) is 6.07 Å². The number of nitrogens with one attached hydrogen (secondary N) is 1. The molecule has 0 saturated carbocycles. The van der Waals surface area contributed by atoms with E-state index in [9.17, 15) is 8.78 Å². The lowest BCUT2D eigenvalue weighted by atomic mass is 10.0. The Labute approximate surface area is 90.9 Å². The number of hydrogen-bond acceptors (Lipinski definition) is 2. The number of fused-ring (bicyclic) bond motifs is 1. The number of H-pyrrole nitrogens is 1. The topological polar surface area (TPSA) is 62.0 Å². The van der Waals surface area contributed by atoms with E-state index in [1.807, 2.05) is 0 Å². The summed E-state index contributed by atoms with van der Waals surface area (Å²) in [4.78, 5) is 2.96. The second kappa shape index (κ2) is 3.84. The number of alkyl halides is 2. The van der Waals surface area contributed by atoms with E-state index in [4.69, 9.17) is 10.8 Å². The quantitative estimate of drug-likeness (QED) is 0.747. The number of nitrogens with two attached hydrogens (primary N) is 1. The predicted octanol–water partition coefficient (Wildman–Crippen LogP) is 1.80. The lowest BCUT2D eigenvalue weighted by Crippen LogP contribution is -2.36. The molecule has 4 N–H and O–H groups in total. The van der Waals surface area contributed by atoms with Crippen LogP contribution in [0.25, 0.3) is 10.9 Å². The summed E-state index contributed by atoms with van der Waals surface area (Å²) in [6.45, 7) is -1.25. The third kappa shape index (κ3) is 1.79. The van der Waals surface area contributed by atoms with Crippen molar-refractivity contribution < 1.29 is 13.9 Å². The Bertz CT molecular complexity index is 495. The predicted molar refractivity (Wildman–Crippen MR) is 57.3 cm³/mol. The first kappa shape index (κ1) is 11.0. The number of aliphatic hydroxyl groups is 1. The van der Waals surface area contributed by atoms with Crippen LogP contribution in [-0.2, 0) is 0 Å². The largest absolute Gasteiger partial charge is 0.390 e. The zero-order chi connectivity index (χ0) is 11.8. The molecule has 0 aliphatic heterocycles. The molecule has 3 nitrogen and oxygen atoms in total. The molecular weight excluding hydrogens is 214 g/mol. The second-order valence-corrected chi connectivity index (χ2v) is 3.72. The molecule has 1 atom stereocenters. The number of rotatable bonds is 3. The molecule has 16 heavy (non-hydrogen) atoms. The van der Waals surface area contributed by atoms with Crippen LogP contribution in [0.4, 0.5) is 8.78 Å². The van der Waals surface area contributed by atoms with Crippen LogP contribution >= 0.6 is 0 Å². The van der Waals surface area contributed by atoms with Crippen LogP contribution in [0.5, 0.6) is 0 Å². The number of aromatic amines is 1. The molecule has 0 amide bonds. The van der Waals surface area contributed by atoms with Crippen molar-refractivity contribution in [1.82, 2.24) is 4.98 Å². The molecule has 0 saturated heterocycles. The first-order valence-corrected chi connectivity index (χ1v) is 4.86. The van der Waals surface area contributed by atoms with Crippen LogP contribution in [0.1, 0.15) is 11.6 Å². The standard InChI is InChI=1S/C11H12F2N2O/c12-11(13,6-16)10(14)8-1-2-9-7(5-8)3-4-15-9/h1-5,10,15-16H,6,14H2/t10-/m0/s1. The first-order chi connectivity index (χ1) is 7.54. The first-order valence-electron chi connectivity index (χ1n) is 4.86. The van der Waals surface area contributed by atoms with Crippen molar-refractivity contribution in [2.75, 3.05) is 6.61 Å². The van der Waals surface area contributed by atoms with Gasteiger partial charge >= 0.3 is 0 Å². The van der Waals surface area contributed by atoms with Crippen LogP contribution in [-0.4, -0.2) is 22.6 Å². The molecule has 0 unspecified atom stereocenters. The van der Waals surface area contributed by atoms with Gasteiger partial charge in [-0.05, 0) is 29.1 Å². The maximum atomic E-state index is 13.2. The summed E-state index contributed by atoms with van der Waals surface area (Å²) in [5, 5.41) is 9.38. The van der Waals surface area contributed by atoms with Gasteiger partial charge in [0.15, 0.2) is 0 Å². The van der Waals surface area contributed by atoms with E-state index in [2.05, 4.69) is 4.98 Å². The highest BCUT2D eigenvalue weighted by Gasteiger charge is 2.37. The normalized spacial score (nSPS) is 14.2. The van der Waals surface area contributed by atoms with Crippen LogP contribution in [0.15, 0.2) is 30.5 Å². The summed E-state index contributed by atoms with van der Waals surface area (Å²) >= 11 is 0. The van der Waals surface area contributed by atoms with Gasteiger partial charge in [-0.25, -0.2) is 8.78 Å². The van der Waals surface area contributed by atoms with Gasteiger partial charge in [-0.2, -0.15) is 0 Å². The molecular formula is C11H12F2N2O. The number of aliphatic hydroxyl groups excluding tert-OH is 1. The average Bonchev–Trinajstić information content (AvgIpc) is 2.74. The summed E-state index contributed by atoms with van der Waals surface area (Å²) in [6, 6.07) is 5.12. The van der Waals surface area contributed by atoms with Crippen molar-refractivity contribution in [2.45, 2.75) is 12.0 Å². The Morgan fingerprint density at radius 3 is 2.81 bits per heavy atom. The minimum Gasteiger partial charge on any atom is -0.390 e. The molecule has 2 aromatic rings. The molecule has 1 heterocycles. The van der Waals surface area contributed by atoms with Crippen LogP contribution in [0.3, 0.4) is 0 Å². The van der Waals surface area contributed by atoms with Gasteiger partial charge in [0.05, 0.1) is 6.04 Å². The second-order valence-electron chi connectivity index (χ2n) is 3.72. The maximum absolute atomic E-state index is 13.2. The molecule has 2 rings (SSSR count). The van der Waals surface area contributed by atoms with Crippen molar-refractivity contribution in [3.8, 4) is 0 Å². The monoisotopic (exact) mass is 226 g/mol. The number of halogens is 2. The summed E-state index contributed by atoms with van der Waals surface area (Å²) < 4.78 is 26.4. The average molecular weight is 226 g/mol. The van der Waals surface area contributed by atoms with Crippen LogP contribution in [0, 0.1) is 0 Å². The van der Waals surface area contributed by atoms with Gasteiger partial charge in [0.1, 0.15) is 6.61 Å². The van der Waals surface area contributed by atoms with Gasteiger partial charge in [0, 0.05) is 11.7 Å². The summed E-state index contributed by atoms with van der Waals surface area (Å²) in [6.07, 6.45) is 1.73. The van der Waals surface area contributed by atoms with E-state index >= 15 is 0 Å². The highest BCUT2D eigenvalue weighted by molar-refractivity contribution is 5.80. The third-order valence-corrected chi connectivity index (χ3v) is 2.60. The zero-order valence-electron chi connectivity index (χ0n) is 8.45. The molecule has 0 aliphatic carbocycles. The van der Waals surface area contributed by atoms with Crippen molar-refractivity contribution in [3.05, 3.63) is 36.0 Å². The van der Waals surface area contributed by atoms with E-state index in [-0.39, 0.29) is 0 Å². The zero-order valence-corrected chi connectivity index (χ0v) is 8.45. The maximum Gasteiger partial charge on any atom is 0.289 e. The summed E-state index contributed by atoms with van der Waals surface area (Å²) in [5.74, 6) is -3.30. The van der Waals surface area contributed by atoms with Crippen molar-refractivity contribution in [3.63, 3.8) is 0 Å². The summed E-state index contributed by atoms with van der Waals surface area (Å²) in [7, 11) is 0.